The third-order valence-electron chi connectivity index (χ3n) is 5.50. The van der Waals surface area contributed by atoms with E-state index in [1.807, 2.05) is 53.4 Å². The molecule has 0 aliphatic carbocycles. The number of nitrogens with zero attached hydrogens (tertiary/aromatic N) is 4. The number of carbonyl (C=O) groups is 2. The average molecular weight is 419 g/mol. The van der Waals surface area contributed by atoms with Crippen molar-refractivity contribution in [1.82, 2.24) is 19.6 Å². The first-order chi connectivity index (χ1) is 15.0. The smallest absolute Gasteiger partial charge is 0.274 e. The van der Waals surface area contributed by atoms with E-state index >= 15 is 0 Å². The van der Waals surface area contributed by atoms with Gasteiger partial charge in [0.1, 0.15) is 0 Å². The van der Waals surface area contributed by atoms with Crippen LogP contribution in [0.1, 0.15) is 5.69 Å². The number of rotatable bonds is 5. The van der Waals surface area contributed by atoms with Gasteiger partial charge in [0, 0.05) is 44.3 Å². The first-order valence-electron chi connectivity index (χ1n) is 10.3. The molecule has 0 unspecified atom stereocenters. The molecule has 0 bridgehead atoms. The normalized spacial score (nSPS) is 14.5. The Morgan fingerprint density at radius 1 is 0.935 bits per heavy atom. The highest BCUT2D eigenvalue weighted by molar-refractivity contribution is 5.92. The van der Waals surface area contributed by atoms with Crippen LogP contribution < -0.4 is 10.9 Å². The molecule has 2 aromatic carbocycles. The van der Waals surface area contributed by atoms with Crippen LogP contribution in [0.3, 0.4) is 0 Å². The predicted octanol–water partition coefficient (Wildman–Crippen LogP) is 1.26. The second-order valence-corrected chi connectivity index (χ2v) is 7.67. The first-order valence-corrected chi connectivity index (χ1v) is 10.3. The summed E-state index contributed by atoms with van der Waals surface area (Å²) in [5.74, 6) is -0.0865. The van der Waals surface area contributed by atoms with Crippen LogP contribution in [0.15, 0.2) is 59.4 Å². The molecule has 0 spiro atoms. The summed E-state index contributed by atoms with van der Waals surface area (Å²) in [5.41, 5.74) is 1.21. The van der Waals surface area contributed by atoms with Gasteiger partial charge in [0.15, 0.2) is 0 Å². The van der Waals surface area contributed by atoms with Crippen LogP contribution in [-0.4, -0.2) is 64.1 Å². The number of anilines is 1. The van der Waals surface area contributed by atoms with E-state index in [1.165, 1.54) is 4.68 Å². The summed E-state index contributed by atoms with van der Waals surface area (Å²) in [6.45, 7) is 2.68. The van der Waals surface area contributed by atoms with Gasteiger partial charge in [-0.1, -0.05) is 36.4 Å². The quantitative estimate of drug-likeness (QED) is 0.673. The van der Waals surface area contributed by atoms with Crippen LogP contribution in [0.5, 0.6) is 0 Å². The standard InChI is InChI=1S/C23H25N5O3/c1-26-23(31)19-10-6-5-9-18(19)20(25-26)15-22(30)28-13-11-27(12-14-28)16-21(29)24-17-7-3-2-4-8-17/h2-10H,11-16H2,1H3,(H,24,29). The molecule has 0 radical (unpaired) electrons. The van der Waals surface area contributed by atoms with Crippen LogP contribution in [0, 0.1) is 0 Å². The summed E-state index contributed by atoms with van der Waals surface area (Å²) in [6, 6.07) is 16.6. The maximum Gasteiger partial charge on any atom is 0.274 e. The van der Waals surface area contributed by atoms with Crippen molar-refractivity contribution in [2.24, 2.45) is 7.05 Å². The molecule has 2 heterocycles. The zero-order valence-electron chi connectivity index (χ0n) is 17.5. The number of nitrogens with one attached hydrogen (secondary N) is 1. The molecule has 160 valence electrons. The van der Waals surface area contributed by atoms with Gasteiger partial charge in [-0.3, -0.25) is 19.3 Å². The van der Waals surface area contributed by atoms with Crippen molar-refractivity contribution in [1.29, 1.82) is 0 Å². The number of piperazine rings is 1. The van der Waals surface area contributed by atoms with Crippen molar-refractivity contribution < 1.29 is 9.59 Å². The van der Waals surface area contributed by atoms with Gasteiger partial charge in [0.05, 0.1) is 24.0 Å². The van der Waals surface area contributed by atoms with E-state index in [0.29, 0.717) is 43.8 Å². The minimum absolute atomic E-state index is 0.0234. The maximum atomic E-state index is 12.9. The second-order valence-electron chi connectivity index (χ2n) is 7.67. The summed E-state index contributed by atoms with van der Waals surface area (Å²) >= 11 is 0. The number of aryl methyl sites for hydroxylation is 1. The summed E-state index contributed by atoms with van der Waals surface area (Å²) in [5, 5.41) is 8.49. The Bertz CT molecular complexity index is 1150. The van der Waals surface area contributed by atoms with Crippen molar-refractivity contribution in [2.45, 2.75) is 6.42 Å². The van der Waals surface area contributed by atoms with Gasteiger partial charge >= 0.3 is 0 Å². The topological polar surface area (TPSA) is 87.5 Å². The molecule has 1 aliphatic heterocycles. The highest BCUT2D eigenvalue weighted by Crippen LogP contribution is 2.15. The fourth-order valence-electron chi connectivity index (χ4n) is 3.84. The fourth-order valence-corrected chi connectivity index (χ4v) is 3.84. The van der Waals surface area contributed by atoms with Crippen molar-refractivity contribution in [2.75, 3.05) is 38.0 Å². The van der Waals surface area contributed by atoms with E-state index < -0.39 is 0 Å². The Balaban J connectivity index is 1.34. The Morgan fingerprint density at radius 3 is 2.29 bits per heavy atom. The lowest BCUT2D eigenvalue weighted by molar-refractivity contribution is -0.132. The molecule has 31 heavy (non-hydrogen) atoms. The first kappa shape index (κ1) is 20.7. The predicted molar refractivity (Wildman–Crippen MR) is 119 cm³/mol. The van der Waals surface area contributed by atoms with Gasteiger partial charge in [-0.05, 0) is 18.2 Å². The van der Waals surface area contributed by atoms with E-state index in [-0.39, 0.29) is 23.8 Å². The van der Waals surface area contributed by atoms with E-state index in [0.717, 1.165) is 11.1 Å². The van der Waals surface area contributed by atoms with Crippen molar-refractivity contribution in [3.05, 3.63) is 70.6 Å². The van der Waals surface area contributed by atoms with Gasteiger partial charge < -0.3 is 10.2 Å². The van der Waals surface area contributed by atoms with Crippen molar-refractivity contribution in [3.8, 4) is 0 Å². The van der Waals surface area contributed by atoms with Gasteiger partial charge in [0.2, 0.25) is 11.8 Å². The third kappa shape index (κ3) is 4.80. The minimum atomic E-state index is -0.172. The molecular weight excluding hydrogens is 394 g/mol. The van der Waals surface area contributed by atoms with E-state index in [1.54, 1.807) is 18.0 Å². The fraction of sp³-hybridized carbons (Fsp3) is 0.304. The van der Waals surface area contributed by atoms with Gasteiger partial charge in [0.25, 0.3) is 5.56 Å². The molecule has 1 aromatic heterocycles. The SMILES string of the molecule is Cn1nc(CC(=O)N2CCN(CC(=O)Nc3ccccc3)CC2)c2ccccc2c1=O. The lowest BCUT2D eigenvalue weighted by Gasteiger charge is -2.34. The molecule has 1 N–H and O–H groups in total. The molecule has 4 rings (SSSR count). The molecule has 0 saturated carbocycles. The molecule has 8 nitrogen and oxygen atoms in total. The number of carbonyl (C=O) groups excluding carboxylic acids is 2. The molecule has 0 atom stereocenters. The molecule has 1 fully saturated rings. The summed E-state index contributed by atoms with van der Waals surface area (Å²) < 4.78 is 1.29. The lowest BCUT2D eigenvalue weighted by atomic mass is 10.1. The van der Waals surface area contributed by atoms with Gasteiger partial charge in [-0.2, -0.15) is 5.10 Å². The number of amides is 2. The number of fused-ring (bicyclic) bond motifs is 1. The lowest BCUT2D eigenvalue weighted by Crippen LogP contribution is -2.50. The van der Waals surface area contributed by atoms with Crippen LogP contribution in [-0.2, 0) is 23.1 Å². The van der Waals surface area contributed by atoms with E-state index in [9.17, 15) is 14.4 Å². The third-order valence-corrected chi connectivity index (χ3v) is 5.50. The Labute approximate surface area is 180 Å². The monoisotopic (exact) mass is 419 g/mol. The van der Waals surface area contributed by atoms with Gasteiger partial charge in [-0.15, -0.1) is 0 Å². The number of aromatic nitrogens is 2. The van der Waals surface area contributed by atoms with Crippen LogP contribution in [0.25, 0.3) is 10.8 Å². The summed E-state index contributed by atoms with van der Waals surface area (Å²) in [4.78, 5) is 41.2. The van der Waals surface area contributed by atoms with Crippen LogP contribution in [0.2, 0.25) is 0 Å². The average Bonchev–Trinajstić information content (AvgIpc) is 2.78. The Kier molecular flexibility index (Phi) is 6.08. The van der Waals surface area contributed by atoms with E-state index in [4.69, 9.17) is 0 Å². The van der Waals surface area contributed by atoms with Crippen molar-refractivity contribution in [3.63, 3.8) is 0 Å². The summed E-state index contributed by atoms with van der Waals surface area (Å²) in [6.07, 6.45) is 0.142. The molecule has 1 aliphatic rings. The molecule has 3 aromatic rings. The highest BCUT2D eigenvalue weighted by Gasteiger charge is 2.23. The molecule has 2 amide bonds. The van der Waals surface area contributed by atoms with Crippen molar-refractivity contribution >= 4 is 28.3 Å². The summed E-state index contributed by atoms with van der Waals surface area (Å²) in [7, 11) is 1.60. The number of benzene rings is 2. The number of hydrogen-bond acceptors (Lipinski definition) is 5. The van der Waals surface area contributed by atoms with Crippen LogP contribution >= 0.6 is 0 Å². The highest BCUT2D eigenvalue weighted by atomic mass is 16.2. The largest absolute Gasteiger partial charge is 0.340 e. The van der Waals surface area contributed by atoms with Gasteiger partial charge in [-0.25, -0.2) is 4.68 Å². The Hall–Kier alpha value is -3.52. The maximum absolute atomic E-state index is 12.9. The molecular formula is C23H25N5O3. The van der Waals surface area contributed by atoms with E-state index in [2.05, 4.69) is 10.4 Å². The second kappa shape index (κ2) is 9.09. The number of para-hydroxylation sites is 1. The zero-order valence-corrected chi connectivity index (χ0v) is 17.5. The zero-order chi connectivity index (χ0) is 21.8. The minimum Gasteiger partial charge on any atom is -0.340 e. The number of hydrogen-bond donors (Lipinski definition) is 1. The Morgan fingerprint density at radius 2 is 1.58 bits per heavy atom. The van der Waals surface area contributed by atoms with Crippen LogP contribution in [0.4, 0.5) is 5.69 Å². The molecule has 8 heteroatoms. The molecule has 1 saturated heterocycles.